The summed E-state index contributed by atoms with van der Waals surface area (Å²) < 4.78 is 69.9. The van der Waals surface area contributed by atoms with E-state index in [1.807, 2.05) is 4.98 Å². The van der Waals surface area contributed by atoms with Crippen LogP contribution in [0.4, 0.5) is 22.0 Å². The SMILES string of the molecule is O=c1cc(C(F)(F)c2ccccc2)[nH]c(=O)n1-c1ccc(OC(F)(F)F)cc1. The van der Waals surface area contributed by atoms with Crippen molar-refractivity contribution in [2.24, 2.45) is 0 Å². The summed E-state index contributed by atoms with van der Waals surface area (Å²) in [5, 5.41) is 0. The molecule has 0 atom stereocenters. The van der Waals surface area contributed by atoms with E-state index in [-0.39, 0.29) is 5.69 Å². The molecule has 1 N–H and O–H groups in total. The van der Waals surface area contributed by atoms with E-state index in [2.05, 4.69) is 4.74 Å². The van der Waals surface area contributed by atoms with Gasteiger partial charge in [-0.15, -0.1) is 13.2 Å². The Balaban J connectivity index is 2.00. The van der Waals surface area contributed by atoms with E-state index >= 15 is 0 Å². The molecule has 10 heteroatoms. The summed E-state index contributed by atoms with van der Waals surface area (Å²) in [6.45, 7) is 0. The maximum atomic E-state index is 14.6. The molecule has 0 unspecified atom stereocenters. The summed E-state index contributed by atoms with van der Waals surface area (Å²) in [6, 6.07) is 11.0. The quantitative estimate of drug-likeness (QED) is 0.684. The Hall–Kier alpha value is -3.43. The van der Waals surface area contributed by atoms with Crippen molar-refractivity contribution in [3.05, 3.63) is 92.8 Å². The molecule has 3 rings (SSSR count). The summed E-state index contributed by atoms with van der Waals surface area (Å²) in [4.78, 5) is 26.4. The predicted octanol–water partition coefficient (Wildman–Crippen LogP) is 3.56. The van der Waals surface area contributed by atoms with Crippen LogP contribution < -0.4 is 16.0 Å². The number of alkyl halides is 5. The van der Waals surface area contributed by atoms with E-state index in [9.17, 15) is 31.5 Å². The van der Waals surface area contributed by atoms with Gasteiger partial charge in [0.1, 0.15) is 5.75 Å². The van der Waals surface area contributed by atoms with Gasteiger partial charge in [-0.25, -0.2) is 9.36 Å². The maximum Gasteiger partial charge on any atom is 0.573 e. The van der Waals surface area contributed by atoms with Gasteiger partial charge in [0.25, 0.3) is 5.56 Å². The molecule has 0 aliphatic carbocycles. The Morgan fingerprint density at radius 1 is 0.857 bits per heavy atom. The molecule has 2 aromatic carbocycles. The van der Waals surface area contributed by atoms with Crippen molar-refractivity contribution >= 4 is 0 Å². The third-order valence-electron chi connectivity index (χ3n) is 3.74. The molecule has 0 amide bonds. The van der Waals surface area contributed by atoms with Gasteiger partial charge >= 0.3 is 18.0 Å². The van der Waals surface area contributed by atoms with E-state index < -0.39 is 40.5 Å². The Morgan fingerprint density at radius 3 is 2.00 bits per heavy atom. The van der Waals surface area contributed by atoms with Crippen LogP contribution in [0.2, 0.25) is 0 Å². The van der Waals surface area contributed by atoms with Crippen molar-refractivity contribution in [3.63, 3.8) is 0 Å². The number of aromatic nitrogens is 2. The molecule has 1 aromatic heterocycles. The number of benzene rings is 2. The van der Waals surface area contributed by atoms with Crippen molar-refractivity contribution in [1.29, 1.82) is 0 Å². The average Bonchev–Trinajstić information content (AvgIpc) is 2.62. The van der Waals surface area contributed by atoms with Crippen LogP contribution >= 0.6 is 0 Å². The van der Waals surface area contributed by atoms with Crippen LogP contribution in [0, 0.1) is 0 Å². The highest BCUT2D eigenvalue weighted by Gasteiger charge is 2.36. The topological polar surface area (TPSA) is 64.1 Å². The van der Waals surface area contributed by atoms with E-state index in [1.165, 1.54) is 18.2 Å². The summed E-state index contributed by atoms with van der Waals surface area (Å²) in [7, 11) is 0. The Kier molecular flexibility index (Phi) is 4.80. The number of rotatable bonds is 4. The number of H-pyrrole nitrogens is 1. The Morgan fingerprint density at radius 2 is 1.46 bits per heavy atom. The van der Waals surface area contributed by atoms with Crippen molar-refractivity contribution in [2.45, 2.75) is 12.3 Å². The fraction of sp³-hybridized carbons (Fsp3) is 0.111. The molecule has 0 fully saturated rings. The van der Waals surface area contributed by atoms with E-state index in [4.69, 9.17) is 0 Å². The van der Waals surface area contributed by atoms with Crippen molar-refractivity contribution < 1.29 is 26.7 Å². The van der Waals surface area contributed by atoms with Crippen LogP contribution in [0.3, 0.4) is 0 Å². The molecule has 0 aliphatic rings. The van der Waals surface area contributed by atoms with Crippen LogP contribution in [-0.2, 0) is 5.92 Å². The third kappa shape index (κ3) is 3.95. The highest BCUT2D eigenvalue weighted by molar-refractivity contribution is 5.38. The zero-order valence-electron chi connectivity index (χ0n) is 13.8. The number of hydrogen-bond acceptors (Lipinski definition) is 3. The molecule has 5 nitrogen and oxygen atoms in total. The lowest BCUT2D eigenvalue weighted by molar-refractivity contribution is -0.274. The van der Waals surface area contributed by atoms with Crippen molar-refractivity contribution in [3.8, 4) is 11.4 Å². The highest BCUT2D eigenvalue weighted by Crippen LogP contribution is 2.33. The third-order valence-corrected chi connectivity index (χ3v) is 3.74. The molecule has 28 heavy (non-hydrogen) atoms. The van der Waals surface area contributed by atoms with Crippen LogP contribution in [0.25, 0.3) is 5.69 Å². The zero-order valence-corrected chi connectivity index (χ0v) is 13.8. The number of ether oxygens (including phenoxy) is 1. The number of aromatic amines is 1. The summed E-state index contributed by atoms with van der Waals surface area (Å²) >= 11 is 0. The minimum absolute atomic E-state index is 0.115. The van der Waals surface area contributed by atoms with Gasteiger partial charge < -0.3 is 9.72 Å². The first-order valence-electron chi connectivity index (χ1n) is 7.74. The van der Waals surface area contributed by atoms with Crippen molar-refractivity contribution in [1.82, 2.24) is 9.55 Å². The van der Waals surface area contributed by atoms with E-state index in [1.54, 1.807) is 0 Å². The van der Waals surface area contributed by atoms with E-state index in [0.29, 0.717) is 10.6 Å². The molecule has 0 saturated carbocycles. The second kappa shape index (κ2) is 6.95. The minimum Gasteiger partial charge on any atom is -0.406 e. The smallest absolute Gasteiger partial charge is 0.406 e. The van der Waals surface area contributed by atoms with Crippen molar-refractivity contribution in [2.75, 3.05) is 0 Å². The monoisotopic (exact) mass is 398 g/mol. The van der Waals surface area contributed by atoms with Crippen LogP contribution in [0.5, 0.6) is 5.75 Å². The van der Waals surface area contributed by atoms with Gasteiger partial charge in [0.2, 0.25) is 0 Å². The minimum atomic E-state index is -4.90. The summed E-state index contributed by atoms with van der Waals surface area (Å²) in [5.41, 5.74) is -3.67. The second-order valence-corrected chi connectivity index (χ2v) is 5.64. The fourth-order valence-corrected chi connectivity index (χ4v) is 2.51. The van der Waals surface area contributed by atoms with Gasteiger partial charge in [-0.2, -0.15) is 8.78 Å². The molecule has 0 spiro atoms. The van der Waals surface area contributed by atoms with Gasteiger partial charge in [0.15, 0.2) is 0 Å². The summed E-state index contributed by atoms with van der Waals surface area (Å²) in [5.74, 6) is -4.18. The first-order chi connectivity index (χ1) is 13.1. The lowest BCUT2D eigenvalue weighted by Gasteiger charge is -2.17. The molecule has 0 bridgehead atoms. The van der Waals surface area contributed by atoms with Gasteiger partial charge in [0, 0.05) is 11.6 Å². The lowest BCUT2D eigenvalue weighted by Crippen LogP contribution is -2.36. The molecule has 0 aliphatic heterocycles. The number of nitrogens with one attached hydrogen (secondary N) is 1. The largest absolute Gasteiger partial charge is 0.573 e. The number of halogens is 5. The molecule has 146 valence electrons. The Bertz CT molecular complexity index is 1060. The molecular formula is C18H11F5N2O3. The molecular weight excluding hydrogens is 387 g/mol. The maximum absolute atomic E-state index is 14.6. The Labute approximate surface area is 153 Å². The fourth-order valence-electron chi connectivity index (χ4n) is 2.51. The van der Waals surface area contributed by atoms with Gasteiger partial charge in [-0.1, -0.05) is 30.3 Å². The average molecular weight is 398 g/mol. The molecule has 1 heterocycles. The number of hydrogen-bond donors (Lipinski definition) is 1. The van der Waals surface area contributed by atoms with Gasteiger partial charge in [0.05, 0.1) is 11.4 Å². The van der Waals surface area contributed by atoms with Crippen LogP contribution in [-0.4, -0.2) is 15.9 Å². The summed E-state index contributed by atoms with van der Waals surface area (Å²) in [6.07, 6.45) is -4.90. The predicted molar refractivity (Wildman–Crippen MR) is 88.8 cm³/mol. The van der Waals surface area contributed by atoms with Crippen LogP contribution in [0.15, 0.2) is 70.3 Å². The molecule has 0 saturated heterocycles. The van der Waals surface area contributed by atoms with Crippen LogP contribution in [0.1, 0.15) is 11.3 Å². The first-order valence-corrected chi connectivity index (χ1v) is 7.74. The highest BCUT2D eigenvalue weighted by atomic mass is 19.4. The normalized spacial score (nSPS) is 12.0. The van der Waals surface area contributed by atoms with E-state index in [0.717, 1.165) is 36.4 Å². The molecule has 0 radical (unpaired) electrons. The van der Waals surface area contributed by atoms with Gasteiger partial charge in [-0.05, 0) is 24.3 Å². The standard InChI is InChI=1S/C18H11F5N2O3/c19-17(20,11-4-2-1-3-5-11)14-10-15(26)25(16(27)24-14)12-6-8-13(9-7-12)28-18(21,22)23/h1-10H,(H,24,27). The number of nitrogens with zero attached hydrogens (tertiary/aromatic N) is 1. The van der Waals surface area contributed by atoms with Gasteiger partial charge in [-0.3, -0.25) is 4.79 Å². The lowest BCUT2D eigenvalue weighted by atomic mass is 10.1. The zero-order chi connectivity index (χ0) is 20.5. The molecule has 3 aromatic rings. The first kappa shape index (κ1) is 19.3. The second-order valence-electron chi connectivity index (χ2n) is 5.64.